The van der Waals surface area contributed by atoms with Gasteiger partial charge in [-0.1, -0.05) is 117 Å². The Morgan fingerprint density at radius 2 is 1.10 bits per heavy atom. The van der Waals surface area contributed by atoms with Crippen LogP contribution in [0.3, 0.4) is 0 Å². The molecular formula is C31H62NO8P. The van der Waals surface area contributed by atoms with Crippen molar-refractivity contribution in [3.05, 3.63) is 0 Å². The molecule has 1 unspecified atom stereocenters. The van der Waals surface area contributed by atoms with Crippen LogP contribution in [0.25, 0.3) is 0 Å². The molecule has 0 rings (SSSR count). The van der Waals surface area contributed by atoms with E-state index in [1.54, 1.807) is 0 Å². The molecular weight excluding hydrogens is 545 g/mol. The lowest BCUT2D eigenvalue weighted by Gasteiger charge is -2.20. The first-order chi connectivity index (χ1) is 19.7. The molecule has 0 bridgehead atoms. The minimum absolute atomic E-state index is 0.0115. The van der Waals surface area contributed by atoms with Crippen LogP contribution in [0.1, 0.15) is 142 Å². The van der Waals surface area contributed by atoms with Crippen LogP contribution in [0.4, 0.5) is 0 Å². The van der Waals surface area contributed by atoms with E-state index in [4.69, 9.17) is 18.5 Å². The van der Waals surface area contributed by atoms with Crippen LogP contribution in [0.15, 0.2) is 0 Å². The van der Waals surface area contributed by atoms with Crippen LogP contribution >= 0.6 is 7.82 Å². The molecule has 0 saturated heterocycles. The Morgan fingerprint density at radius 1 is 0.659 bits per heavy atom. The van der Waals surface area contributed by atoms with Gasteiger partial charge in [0, 0.05) is 19.4 Å². The topological polar surface area (TPSA) is 112 Å². The summed E-state index contributed by atoms with van der Waals surface area (Å²) >= 11 is 0. The SMILES string of the molecule is CCCCCCCCCCCC(=O)OC[C@H](COP(=O)(O)OCCN(C)C)OC(=O)CCCCCCCCCCC. The summed E-state index contributed by atoms with van der Waals surface area (Å²) in [6.45, 7) is 4.26. The van der Waals surface area contributed by atoms with Crippen molar-refractivity contribution >= 4 is 19.8 Å². The quantitative estimate of drug-likeness (QED) is 0.0493. The van der Waals surface area contributed by atoms with Crippen molar-refractivity contribution in [1.29, 1.82) is 0 Å². The van der Waals surface area contributed by atoms with Gasteiger partial charge >= 0.3 is 19.8 Å². The Kier molecular flexibility index (Phi) is 27.1. The number of hydrogen-bond acceptors (Lipinski definition) is 8. The van der Waals surface area contributed by atoms with Gasteiger partial charge in [-0.2, -0.15) is 0 Å². The average Bonchev–Trinajstić information content (AvgIpc) is 2.92. The fourth-order valence-electron chi connectivity index (χ4n) is 4.33. The first-order valence-electron chi connectivity index (χ1n) is 16.3. The summed E-state index contributed by atoms with van der Waals surface area (Å²) in [5.41, 5.74) is 0. The number of rotatable bonds is 30. The third-order valence-electron chi connectivity index (χ3n) is 6.91. The molecule has 0 spiro atoms. The predicted molar refractivity (Wildman–Crippen MR) is 165 cm³/mol. The number of likely N-dealkylation sites (N-methyl/N-ethyl adjacent to an activating group) is 1. The van der Waals surface area contributed by atoms with Gasteiger partial charge in [-0.3, -0.25) is 18.6 Å². The second kappa shape index (κ2) is 27.8. The predicted octanol–water partition coefficient (Wildman–Crippen LogP) is 7.98. The van der Waals surface area contributed by atoms with Gasteiger partial charge in [0.05, 0.1) is 13.2 Å². The van der Waals surface area contributed by atoms with Crippen LogP contribution in [-0.4, -0.2) is 68.3 Å². The number of esters is 2. The zero-order valence-electron chi connectivity index (χ0n) is 26.7. The number of carbonyl (C=O) groups excluding carboxylic acids is 2. The third kappa shape index (κ3) is 28.9. The highest BCUT2D eigenvalue weighted by molar-refractivity contribution is 7.47. The maximum Gasteiger partial charge on any atom is 0.472 e. The zero-order valence-corrected chi connectivity index (χ0v) is 27.6. The summed E-state index contributed by atoms with van der Waals surface area (Å²) in [5, 5.41) is 0. The Labute approximate surface area is 251 Å². The standard InChI is InChI=1S/C31H62NO8P/c1-5-7-9-11-13-15-17-19-21-23-30(33)37-27-29(28-39-41(35,36)38-26-25-32(3)4)40-31(34)24-22-20-18-16-14-12-10-8-6-2/h29H,5-28H2,1-4H3,(H,35,36)/t29-/m1/s1. The van der Waals surface area contributed by atoms with E-state index in [1.165, 1.54) is 77.0 Å². The van der Waals surface area contributed by atoms with Gasteiger partial charge in [-0.05, 0) is 26.9 Å². The van der Waals surface area contributed by atoms with Crippen LogP contribution in [-0.2, 0) is 32.7 Å². The maximum absolute atomic E-state index is 12.4. The Bertz CT molecular complexity index is 677. The number of ether oxygens (including phenoxy) is 2. The van der Waals surface area contributed by atoms with Gasteiger partial charge in [0.25, 0.3) is 0 Å². The smallest absolute Gasteiger partial charge is 0.462 e. The molecule has 0 saturated carbocycles. The normalized spacial score (nSPS) is 13.7. The largest absolute Gasteiger partial charge is 0.472 e. The summed E-state index contributed by atoms with van der Waals surface area (Å²) < 4.78 is 33.1. The maximum atomic E-state index is 12.4. The highest BCUT2D eigenvalue weighted by Crippen LogP contribution is 2.43. The number of carbonyl (C=O) groups is 2. The molecule has 0 fully saturated rings. The molecule has 0 amide bonds. The molecule has 10 heteroatoms. The molecule has 2 atom stereocenters. The highest BCUT2D eigenvalue weighted by atomic mass is 31.2. The zero-order chi connectivity index (χ0) is 30.6. The first-order valence-corrected chi connectivity index (χ1v) is 17.8. The lowest BCUT2D eigenvalue weighted by Crippen LogP contribution is -2.29. The molecule has 0 aromatic carbocycles. The van der Waals surface area contributed by atoms with Gasteiger partial charge < -0.3 is 19.3 Å². The molecule has 0 aromatic rings. The molecule has 0 aliphatic heterocycles. The van der Waals surface area contributed by atoms with Gasteiger partial charge in [-0.15, -0.1) is 0 Å². The highest BCUT2D eigenvalue weighted by Gasteiger charge is 2.26. The Hall–Kier alpha value is -0.990. The van der Waals surface area contributed by atoms with Crippen LogP contribution in [0.2, 0.25) is 0 Å². The first kappa shape index (κ1) is 40.0. The van der Waals surface area contributed by atoms with E-state index >= 15 is 0 Å². The molecule has 0 aliphatic rings. The van der Waals surface area contributed by atoms with E-state index in [0.717, 1.165) is 32.1 Å². The number of hydrogen-bond donors (Lipinski definition) is 1. The van der Waals surface area contributed by atoms with Gasteiger partial charge in [-0.25, -0.2) is 4.57 Å². The minimum Gasteiger partial charge on any atom is -0.462 e. The Balaban J connectivity index is 4.44. The molecule has 1 N–H and O–H groups in total. The molecule has 41 heavy (non-hydrogen) atoms. The number of phosphoric acid groups is 1. The molecule has 0 heterocycles. The van der Waals surface area contributed by atoms with Crippen molar-refractivity contribution in [2.45, 2.75) is 148 Å². The number of nitrogens with zero attached hydrogens (tertiary/aromatic N) is 1. The summed E-state index contributed by atoms with van der Waals surface area (Å²) in [7, 11) is -0.698. The summed E-state index contributed by atoms with van der Waals surface area (Å²) in [5.74, 6) is -0.805. The van der Waals surface area contributed by atoms with Gasteiger partial charge in [0.15, 0.2) is 6.10 Å². The molecule has 0 radical (unpaired) electrons. The average molecular weight is 608 g/mol. The fourth-order valence-corrected chi connectivity index (χ4v) is 5.07. The van der Waals surface area contributed by atoms with E-state index < -0.39 is 26.5 Å². The molecule has 244 valence electrons. The van der Waals surface area contributed by atoms with Crippen LogP contribution in [0, 0.1) is 0 Å². The lowest BCUT2D eigenvalue weighted by atomic mass is 10.1. The van der Waals surface area contributed by atoms with E-state index in [1.807, 2.05) is 19.0 Å². The van der Waals surface area contributed by atoms with Crippen molar-refractivity contribution in [3.8, 4) is 0 Å². The van der Waals surface area contributed by atoms with E-state index in [-0.39, 0.29) is 25.6 Å². The van der Waals surface area contributed by atoms with Crippen molar-refractivity contribution < 1.29 is 37.6 Å². The van der Waals surface area contributed by atoms with Gasteiger partial charge in [0.2, 0.25) is 0 Å². The van der Waals surface area contributed by atoms with E-state index in [2.05, 4.69) is 13.8 Å². The number of phosphoric ester groups is 1. The monoisotopic (exact) mass is 607 g/mol. The number of unbranched alkanes of at least 4 members (excludes halogenated alkanes) is 16. The van der Waals surface area contributed by atoms with Gasteiger partial charge in [0.1, 0.15) is 6.61 Å². The van der Waals surface area contributed by atoms with E-state index in [0.29, 0.717) is 19.4 Å². The van der Waals surface area contributed by atoms with E-state index in [9.17, 15) is 19.0 Å². The summed E-state index contributed by atoms with van der Waals surface area (Å²) in [4.78, 5) is 36.5. The molecule has 0 aromatic heterocycles. The van der Waals surface area contributed by atoms with Crippen molar-refractivity contribution in [3.63, 3.8) is 0 Å². The fraction of sp³-hybridized carbons (Fsp3) is 0.935. The second-order valence-corrected chi connectivity index (χ2v) is 12.8. The third-order valence-corrected chi connectivity index (χ3v) is 7.90. The molecule has 0 aliphatic carbocycles. The van der Waals surface area contributed by atoms with Crippen molar-refractivity contribution in [2.75, 3.05) is 40.5 Å². The second-order valence-electron chi connectivity index (χ2n) is 11.4. The Morgan fingerprint density at radius 3 is 1.56 bits per heavy atom. The lowest BCUT2D eigenvalue weighted by molar-refractivity contribution is -0.161. The van der Waals surface area contributed by atoms with Crippen molar-refractivity contribution in [2.24, 2.45) is 0 Å². The summed E-state index contributed by atoms with van der Waals surface area (Å²) in [6.07, 6.45) is 20.2. The minimum atomic E-state index is -4.33. The summed E-state index contributed by atoms with van der Waals surface area (Å²) in [6, 6.07) is 0. The van der Waals surface area contributed by atoms with Crippen LogP contribution in [0.5, 0.6) is 0 Å². The van der Waals surface area contributed by atoms with Crippen molar-refractivity contribution in [1.82, 2.24) is 4.90 Å². The molecule has 9 nitrogen and oxygen atoms in total. The van der Waals surface area contributed by atoms with Crippen LogP contribution < -0.4 is 0 Å².